The van der Waals surface area contributed by atoms with Crippen molar-refractivity contribution in [1.29, 1.82) is 0 Å². The van der Waals surface area contributed by atoms with Gasteiger partial charge in [0, 0.05) is 6.04 Å². The first-order valence-electron chi connectivity index (χ1n) is 8.14. The van der Waals surface area contributed by atoms with Crippen LogP contribution in [0, 0.1) is 0 Å². The lowest BCUT2D eigenvalue weighted by molar-refractivity contribution is 0.131. The zero-order valence-electron chi connectivity index (χ0n) is 13.2. The van der Waals surface area contributed by atoms with E-state index in [1.54, 1.807) is 0 Å². The molecule has 1 aromatic carbocycles. The first kappa shape index (κ1) is 15.4. The lowest BCUT2D eigenvalue weighted by atomic mass is 9.94. The van der Waals surface area contributed by atoms with Crippen LogP contribution in [0.15, 0.2) is 24.3 Å². The molecule has 1 N–H and O–H groups in total. The van der Waals surface area contributed by atoms with Crippen LogP contribution in [0.25, 0.3) is 0 Å². The molecule has 20 heavy (non-hydrogen) atoms. The van der Waals surface area contributed by atoms with Crippen molar-refractivity contribution in [3.05, 3.63) is 29.8 Å². The molecule has 0 aromatic heterocycles. The normalized spacial score (nSPS) is 24.2. The minimum atomic E-state index is 0.310. The fourth-order valence-corrected chi connectivity index (χ4v) is 3.03. The van der Waals surface area contributed by atoms with Gasteiger partial charge in [-0.2, -0.15) is 0 Å². The van der Waals surface area contributed by atoms with Gasteiger partial charge in [0.2, 0.25) is 0 Å². The summed E-state index contributed by atoms with van der Waals surface area (Å²) in [7, 11) is 2.06. The molecule has 1 aliphatic carbocycles. The highest BCUT2D eigenvalue weighted by atomic mass is 16.5. The zero-order chi connectivity index (χ0) is 14.4. The highest BCUT2D eigenvalue weighted by Crippen LogP contribution is 2.24. The first-order valence-corrected chi connectivity index (χ1v) is 8.14. The largest absolute Gasteiger partial charge is 0.489 e. The van der Waals surface area contributed by atoms with Crippen molar-refractivity contribution in [3.63, 3.8) is 0 Å². The van der Waals surface area contributed by atoms with Crippen molar-refractivity contribution in [2.24, 2.45) is 0 Å². The maximum atomic E-state index is 6.27. The molecule has 1 aromatic rings. The van der Waals surface area contributed by atoms with E-state index >= 15 is 0 Å². The van der Waals surface area contributed by atoms with Crippen LogP contribution in [0.5, 0.6) is 5.75 Å². The van der Waals surface area contributed by atoms with Gasteiger partial charge < -0.3 is 10.1 Å². The van der Waals surface area contributed by atoms with Gasteiger partial charge in [-0.3, -0.25) is 0 Å². The first-order chi connectivity index (χ1) is 9.70. The molecule has 1 aliphatic rings. The van der Waals surface area contributed by atoms with E-state index in [4.69, 9.17) is 4.74 Å². The third kappa shape index (κ3) is 4.24. The molecular weight excluding hydrogens is 246 g/mol. The molecule has 0 aliphatic heterocycles. The number of hydrogen-bond acceptors (Lipinski definition) is 2. The smallest absolute Gasteiger partial charge is 0.119 e. The van der Waals surface area contributed by atoms with Crippen LogP contribution in [-0.2, 0) is 0 Å². The second kappa shape index (κ2) is 7.68. The summed E-state index contributed by atoms with van der Waals surface area (Å²) >= 11 is 0. The van der Waals surface area contributed by atoms with Gasteiger partial charge in [-0.1, -0.05) is 45.2 Å². The van der Waals surface area contributed by atoms with E-state index in [1.165, 1.54) is 37.7 Å². The van der Waals surface area contributed by atoms with Crippen LogP contribution in [0.1, 0.15) is 63.9 Å². The predicted octanol–water partition coefficient (Wildman–Crippen LogP) is 4.50. The summed E-state index contributed by atoms with van der Waals surface area (Å²) in [5.41, 5.74) is 1.38. The molecule has 2 rings (SSSR count). The second-order valence-electron chi connectivity index (χ2n) is 6.27. The number of nitrogens with one attached hydrogen (secondary N) is 1. The highest BCUT2D eigenvalue weighted by Gasteiger charge is 2.23. The third-order valence-electron chi connectivity index (χ3n) is 4.41. The van der Waals surface area contributed by atoms with Crippen molar-refractivity contribution >= 4 is 0 Å². The Hall–Kier alpha value is -1.02. The van der Waals surface area contributed by atoms with Crippen LogP contribution < -0.4 is 10.1 Å². The maximum absolute atomic E-state index is 6.27. The monoisotopic (exact) mass is 275 g/mol. The minimum Gasteiger partial charge on any atom is -0.489 e. The molecule has 0 saturated heterocycles. The lowest BCUT2D eigenvalue weighted by Crippen LogP contribution is -2.41. The molecule has 1 saturated carbocycles. The quantitative estimate of drug-likeness (QED) is 0.873. The zero-order valence-corrected chi connectivity index (χ0v) is 13.2. The molecule has 0 spiro atoms. The lowest BCUT2D eigenvalue weighted by Gasteiger charge is -2.29. The van der Waals surface area contributed by atoms with Gasteiger partial charge in [-0.25, -0.2) is 0 Å². The molecule has 0 heterocycles. The van der Waals surface area contributed by atoms with Crippen LogP contribution >= 0.6 is 0 Å². The minimum absolute atomic E-state index is 0.310. The average Bonchev–Trinajstić information content (AvgIpc) is 2.43. The number of rotatable bonds is 4. The van der Waals surface area contributed by atoms with E-state index in [1.807, 2.05) is 0 Å². The topological polar surface area (TPSA) is 21.3 Å². The Morgan fingerprint density at radius 1 is 1.00 bits per heavy atom. The van der Waals surface area contributed by atoms with Crippen molar-refractivity contribution in [2.75, 3.05) is 7.05 Å². The third-order valence-corrected chi connectivity index (χ3v) is 4.41. The summed E-state index contributed by atoms with van der Waals surface area (Å²) in [5, 5.41) is 3.45. The SMILES string of the molecule is CNC1CCCCCCC1Oc1ccc(C(C)C)cc1. The Morgan fingerprint density at radius 2 is 1.65 bits per heavy atom. The Labute approximate surface area is 123 Å². The molecule has 0 amide bonds. The van der Waals surface area contributed by atoms with Gasteiger partial charge in [0.1, 0.15) is 11.9 Å². The highest BCUT2D eigenvalue weighted by molar-refractivity contribution is 5.29. The van der Waals surface area contributed by atoms with E-state index in [0.717, 1.165) is 12.2 Å². The average molecular weight is 275 g/mol. The molecule has 2 nitrogen and oxygen atoms in total. The maximum Gasteiger partial charge on any atom is 0.119 e. The van der Waals surface area contributed by atoms with Gasteiger partial charge in [0.25, 0.3) is 0 Å². The summed E-state index contributed by atoms with van der Waals surface area (Å²) < 4.78 is 6.27. The van der Waals surface area contributed by atoms with Crippen molar-refractivity contribution < 1.29 is 4.74 Å². The second-order valence-corrected chi connectivity index (χ2v) is 6.27. The summed E-state index contributed by atoms with van der Waals surface area (Å²) in [4.78, 5) is 0. The Balaban J connectivity index is 2.01. The van der Waals surface area contributed by atoms with Crippen molar-refractivity contribution in [2.45, 2.75) is 70.4 Å². The summed E-state index contributed by atoms with van der Waals surface area (Å²) in [6.07, 6.45) is 8.02. The number of benzene rings is 1. The molecule has 0 radical (unpaired) electrons. The van der Waals surface area contributed by atoms with E-state index in [-0.39, 0.29) is 0 Å². The number of ether oxygens (including phenoxy) is 1. The van der Waals surface area contributed by atoms with Gasteiger partial charge in [0.15, 0.2) is 0 Å². The summed E-state index contributed by atoms with van der Waals surface area (Å²) in [6.45, 7) is 4.45. The fraction of sp³-hybridized carbons (Fsp3) is 0.667. The van der Waals surface area contributed by atoms with E-state index < -0.39 is 0 Å². The summed E-state index contributed by atoms with van der Waals surface area (Å²) in [6, 6.07) is 9.12. The van der Waals surface area contributed by atoms with Gasteiger partial charge in [-0.05, 0) is 49.9 Å². The van der Waals surface area contributed by atoms with Crippen LogP contribution in [0.3, 0.4) is 0 Å². The Morgan fingerprint density at radius 3 is 2.25 bits per heavy atom. The van der Waals surface area contributed by atoms with Crippen LogP contribution in [0.2, 0.25) is 0 Å². The van der Waals surface area contributed by atoms with Gasteiger partial charge in [-0.15, -0.1) is 0 Å². The molecule has 2 atom stereocenters. The van der Waals surface area contributed by atoms with E-state index in [9.17, 15) is 0 Å². The molecule has 1 fully saturated rings. The standard InChI is InChI=1S/C18H29NO/c1-14(2)15-10-12-16(13-11-15)20-18-9-7-5-4-6-8-17(18)19-3/h10-14,17-19H,4-9H2,1-3H3. The Bertz CT molecular complexity index is 385. The number of hydrogen-bond donors (Lipinski definition) is 1. The van der Waals surface area contributed by atoms with Crippen LogP contribution in [-0.4, -0.2) is 19.2 Å². The molecular formula is C18H29NO. The van der Waals surface area contributed by atoms with E-state index in [0.29, 0.717) is 18.1 Å². The van der Waals surface area contributed by atoms with Crippen molar-refractivity contribution in [3.8, 4) is 5.75 Å². The predicted molar refractivity (Wildman–Crippen MR) is 85.5 cm³/mol. The summed E-state index contributed by atoms with van der Waals surface area (Å²) in [5.74, 6) is 1.59. The Kier molecular flexibility index (Phi) is 5.90. The van der Waals surface area contributed by atoms with Crippen molar-refractivity contribution in [1.82, 2.24) is 5.32 Å². The fourth-order valence-electron chi connectivity index (χ4n) is 3.03. The van der Waals surface area contributed by atoms with Gasteiger partial charge >= 0.3 is 0 Å². The molecule has 0 bridgehead atoms. The molecule has 2 heteroatoms. The van der Waals surface area contributed by atoms with Crippen LogP contribution in [0.4, 0.5) is 0 Å². The molecule has 112 valence electrons. The molecule has 2 unspecified atom stereocenters. The van der Waals surface area contributed by atoms with Gasteiger partial charge in [0.05, 0.1) is 0 Å². The number of likely N-dealkylation sites (N-methyl/N-ethyl adjacent to an activating group) is 1. The van der Waals surface area contributed by atoms with E-state index in [2.05, 4.69) is 50.5 Å².